The summed E-state index contributed by atoms with van der Waals surface area (Å²) in [6, 6.07) is 80.2. The normalized spacial score (nSPS) is 11.8. The van der Waals surface area contributed by atoms with Crippen molar-refractivity contribution in [2.45, 2.75) is 0 Å². The van der Waals surface area contributed by atoms with Crippen molar-refractivity contribution in [3.8, 4) is 51.5 Å². The van der Waals surface area contributed by atoms with E-state index in [2.05, 4.69) is 202 Å². The zero-order valence-corrected chi connectivity index (χ0v) is 37.2. The number of nitriles is 2. The van der Waals surface area contributed by atoms with E-state index in [1.807, 2.05) is 47.7 Å². The maximum atomic E-state index is 10.5. The highest BCUT2D eigenvalue weighted by Gasteiger charge is 2.23. The number of hydrogen-bond acceptors (Lipinski definition) is 3. The summed E-state index contributed by atoms with van der Waals surface area (Å²) in [4.78, 5) is 0. The van der Waals surface area contributed by atoms with Crippen LogP contribution in [0.15, 0.2) is 212 Å². The van der Waals surface area contributed by atoms with E-state index in [9.17, 15) is 10.5 Å². The van der Waals surface area contributed by atoms with Crippen LogP contribution < -0.4 is 0 Å². The smallest absolute Gasteiger partial charge is 0.0992 e. The summed E-state index contributed by atoms with van der Waals surface area (Å²) in [5.41, 5.74) is 14.6. The van der Waals surface area contributed by atoms with Crippen LogP contribution in [0.3, 0.4) is 0 Å². The summed E-state index contributed by atoms with van der Waals surface area (Å²) in [5, 5.41) is 30.1. The first-order chi connectivity index (χ1) is 33.6. The fourth-order valence-corrected chi connectivity index (χ4v) is 12.0. The molecule has 14 rings (SSSR count). The molecule has 0 amide bonds. The second-order valence-corrected chi connectivity index (χ2v) is 18.6. The molecule has 0 bridgehead atoms. The van der Waals surface area contributed by atoms with Crippen LogP contribution in [-0.4, -0.2) is 13.7 Å². The van der Waals surface area contributed by atoms with Crippen molar-refractivity contribution in [2.24, 2.45) is 0 Å². The topological polar surface area (TPSA) is 62.4 Å². The maximum absolute atomic E-state index is 10.5. The highest BCUT2D eigenvalue weighted by molar-refractivity contribution is 7.25. The van der Waals surface area contributed by atoms with Crippen LogP contribution in [0.2, 0.25) is 0 Å². The van der Waals surface area contributed by atoms with Crippen LogP contribution in [-0.2, 0) is 0 Å². The number of para-hydroxylation sites is 4. The van der Waals surface area contributed by atoms with Crippen LogP contribution >= 0.6 is 11.3 Å². The Morgan fingerprint density at radius 2 is 0.897 bits per heavy atom. The Hall–Kier alpha value is -9.20. The van der Waals surface area contributed by atoms with Gasteiger partial charge in [0.05, 0.1) is 56.4 Å². The molecule has 0 radical (unpaired) electrons. The van der Waals surface area contributed by atoms with Gasteiger partial charge in [-0.1, -0.05) is 109 Å². The molecule has 4 aromatic heterocycles. The van der Waals surface area contributed by atoms with Gasteiger partial charge in [0.2, 0.25) is 0 Å². The molecule has 68 heavy (non-hydrogen) atoms. The van der Waals surface area contributed by atoms with E-state index in [1.165, 1.54) is 52.6 Å². The van der Waals surface area contributed by atoms with E-state index in [4.69, 9.17) is 0 Å². The quantitative estimate of drug-likeness (QED) is 0.173. The van der Waals surface area contributed by atoms with Gasteiger partial charge in [-0.25, -0.2) is 0 Å². The lowest BCUT2D eigenvalue weighted by Gasteiger charge is -2.17. The zero-order valence-electron chi connectivity index (χ0n) is 36.4. The lowest BCUT2D eigenvalue weighted by molar-refractivity contribution is 1.13. The summed E-state index contributed by atoms with van der Waals surface area (Å²) in [6.07, 6.45) is 0. The van der Waals surface area contributed by atoms with Gasteiger partial charge in [0.15, 0.2) is 0 Å². The van der Waals surface area contributed by atoms with Crippen LogP contribution in [0.1, 0.15) is 11.1 Å². The molecule has 0 aliphatic heterocycles. The minimum atomic E-state index is 0.545. The van der Waals surface area contributed by atoms with Gasteiger partial charge in [0, 0.05) is 69.6 Å². The molecule has 5 nitrogen and oxygen atoms in total. The number of thiophene rings is 1. The van der Waals surface area contributed by atoms with Gasteiger partial charge in [-0.05, 0) is 125 Å². The van der Waals surface area contributed by atoms with E-state index < -0.39 is 0 Å². The average molecular weight is 882 g/mol. The first-order valence-electron chi connectivity index (χ1n) is 22.7. The molecule has 0 unspecified atom stereocenters. The summed E-state index contributed by atoms with van der Waals surface area (Å²) >= 11 is 1.83. The molecule has 0 fully saturated rings. The fourth-order valence-electron chi connectivity index (χ4n) is 10.9. The predicted molar refractivity (Wildman–Crippen MR) is 283 cm³/mol. The summed E-state index contributed by atoms with van der Waals surface area (Å²) < 4.78 is 9.79. The lowest BCUT2D eigenvalue weighted by atomic mass is 9.95. The van der Waals surface area contributed by atoms with Crippen molar-refractivity contribution in [2.75, 3.05) is 0 Å². The molecule has 10 aromatic carbocycles. The average Bonchev–Trinajstić information content (AvgIpc) is 4.14. The van der Waals surface area contributed by atoms with Gasteiger partial charge in [0.25, 0.3) is 0 Å². The Morgan fingerprint density at radius 3 is 1.65 bits per heavy atom. The molecule has 0 saturated heterocycles. The first kappa shape index (κ1) is 38.1. The van der Waals surface area contributed by atoms with Crippen LogP contribution in [0, 0.1) is 22.7 Å². The molecule has 4 heterocycles. The minimum Gasteiger partial charge on any atom is -0.309 e. The van der Waals surface area contributed by atoms with E-state index in [0.29, 0.717) is 11.1 Å². The molecule has 6 heteroatoms. The van der Waals surface area contributed by atoms with Crippen molar-refractivity contribution in [1.82, 2.24) is 13.7 Å². The van der Waals surface area contributed by atoms with E-state index in [1.54, 1.807) is 0 Å². The van der Waals surface area contributed by atoms with Gasteiger partial charge in [-0.2, -0.15) is 10.5 Å². The van der Waals surface area contributed by atoms with Crippen molar-refractivity contribution in [3.05, 3.63) is 223 Å². The summed E-state index contributed by atoms with van der Waals surface area (Å²) in [5.74, 6) is 0. The number of aromatic nitrogens is 3. The largest absolute Gasteiger partial charge is 0.309 e. The molecule has 0 atom stereocenters. The summed E-state index contributed by atoms with van der Waals surface area (Å²) in [7, 11) is 0. The van der Waals surface area contributed by atoms with Crippen molar-refractivity contribution in [1.29, 1.82) is 10.5 Å². The van der Waals surface area contributed by atoms with Crippen molar-refractivity contribution < 1.29 is 0 Å². The Morgan fingerprint density at radius 1 is 0.309 bits per heavy atom. The highest BCUT2D eigenvalue weighted by atomic mass is 32.1. The van der Waals surface area contributed by atoms with Crippen LogP contribution in [0.4, 0.5) is 0 Å². The molecule has 14 aromatic rings. The second kappa shape index (κ2) is 14.7. The number of nitrogens with zero attached hydrogens (tertiary/aromatic N) is 5. The fraction of sp³-hybridized carbons (Fsp3) is 0. The third kappa shape index (κ3) is 5.59. The summed E-state index contributed by atoms with van der Waals surface area (Å²) in [6.45, 7) is 0. The van der Waals surface area contributed by atoms with Crippen molar-refractivity contribution in [3.63, 3.8) is 0 Å². The number of rotatable bonds is 5. The number of fused-ring (bicyclic) bond motifs is 13. The third-order valence-corrected chi connectivity index (χ3v) is 14.9. The van der Waals surface area contributed by atoms with Gasteiger partial charge in [-0.15, -0.1) is 11.3 Å². The molecule has 0 N–H and O–H groups in total. The Kier molecular flexibility index (Phi) is 8.21. The Balaban J connectivity index is 1.11. The highest BCUT2D eigenvalue weighted by Crippen LogP contribution is 2.45. The van der Waals surface area contributed by atoms with Gasteiger partial charge < -0.3 is 13.7 Å². The number of hydrogen-bond donors (Lipinski definition) is 0. The SMILES string of the molecule is N#Cc1cccc(-c2cc(C#N)cc(-c3cc(-n4c5ccccc5c5cc6c(cc54)sc4ccccc46)cc(-n4c5ccccc5c5c4ccc4c6ccccc6n(-c6ccccc6)c45)c3)c2)c1. The Bertz CT molecular complexity index is 4530. The van der Waals surface area contributed by atoms with Crippen LogP contribution in [0.5, 0.6) is 0 Å². The Labute approximate surface area is 394 Å². The predicted octanol–water partition coefficient (Wildman–Crippen LogP) is 16.4. The van der Waals surface area contributed by atoms with Crippen molar-refractivity contribution >= 4 is 96.9 Å². The maximum Gasteiger partial charge on any atom is 0.0992 e. The van der Waals surface area contributed by atoms with Gasteiger partial charge in [-0.3, -0.25) is 0 Å². The minimum absolute atomic E-state index is 0.545. The van der Waals surface area contributed by atoms with E-state index >= 15 is 0 Å². The standard InChI is InChI=1S/C62H35N5S/c63-36-38-13-12-14-40(27-38)41-28-39(37-64)29-42(30-41)43-31-45(33-46(32-43)66-54-21-8-5-18-48(54)52-34-53-49-19-7-11-24-59(49)68-60(53)35-58(52)66)65-56-23-10-6-20-51(56)61-57(65)26-25-50-47-17-4-9-22-55(47)67(62(50)61)44-15-2-1-3-16-44/h1-35H. The molecule has 0 spiro atoms. The molecule has 0 aliphatic carbocycles. The molecule has 0 saturated carbocycles. The molecule has 0 aliphatic rings. The molecular formula is C62H35N5S. The number of benzene rings is 10. The first-order valence-corrected chi connectivity index (χ1v) is 23.5. The molecular weight excluding hydrogens is 847 g/mol. The zero-order chi connectivity index (χ0) is 45.0. The van der Waals surface area contributed by atoms with E-state index in [0.717, 1.165) is 72.3 Å². The second-order valence-electron chi connectivity index (χ2n) is 17.6. The third-order valence-electron chi connectivity index (χ3n) is 13.8. The molecule has 314 valence electrons. The van der Waals surface area contributed by atoms with E-state index in [-0.39, 0.29) is 0 Å². The van der Waals surface area contributed by atoms with Gasteiger partial charge >= 0.3 is 0 Å². The van der Waals surface area contributed by atoms with Crippen LogP contribution in [0.25, 0.3) is 125 Å². The van der Waals surface area contributed by atoms with Gasteiger partial charge in [0.1, 0.15) is 0 Å². The monoisotopic (exact) mass is 881 g/mol. The lowest BCUT2D eigenvalue weighted by Crippen LogP contribution is -2.00.